The highest BCUT2D eigenvalue weighted by molar-refractivity contribution is 7.89. The second-order valence-electron chi connectivity index (χ2n) is 5.52. The molecule has 0 fully saturated rings. The summed E-state index contributed by atoms with van der Waals surface area (Å²) in [5.41, 5.74) is 1.66. The van der Waals surface area contributed by atoms with Gasteiger partial charge in [0.1, 0.15) is 0 Å². The van der Waals surface area contributed by atoms with E-state index in [2.05, 4.69) is 4.72 Å². The normalized spacial score (nSPS) is 14.1. The number of carbonyl (C=O) groups is 2. The van der Waals surface area contributed by atoms with Crippen LogP contribution in [0, 0.1) is 6.92 Å². The second-order valence-corrected chi connectivity index (χ2v) is 7.29. The van der Waals surface area contributed by atoms with Crippen LogP contribution in [-0.2, 0) is 10.0 Å². The maximum absolute atomic E-state index is 12.2. The molecule has 7 heteroatoms. The fourth-order valence-corrected chi connectivity index (χ4v) is 3.56. The second kappa shape index (κ2) is 6.18. The third-order valence-corrected chi connectivity index (χ3v) is 5.31. The van der Waals surface area contributed by atoms with E-state index in [9.17, 15) is 18.0 Å². The van der Waals surface area contributed by atoms with Crippen LogP contribution in [0.15, 0.2) is 53.4 Å². The molecule has 2 aromatic carbocycles. The highest BCUT2D eigenvalue weighted by atomic mass is 32.2. The van der Waals surface area contributed by atoms with Crippen LogP contribution in [0.25, 0.3) is 0 Å². The zero-order valence-electron chi connectivity index (χ0n) is 13.0. The van der Waals surface area contributed by atoms with E-state index in [0.29, 0.717) is 11.1 Å². The van der Waals surface area contributed by atoms with Crippen molar-refractivity contribution in [3.63, 3.8) is 0 Å². The predicted octanol–water partition coefficient (Wildman–Crippen LogP) is 1.57. The van der Waals surface area contributed by atoms with Crippen molar-refractivity contribution in [2.24, 2.45) is 0 Å². The van der Waals surface area contributed by atoms with Gasteiger partial charge in [0, 0.05) is 13.1 Å². The van der Waals surface area contributed by atoms with Crippen molar-refractivity contribution in [2.45, 2.75) is 11.8 Å². The van der Waals surface area contributed by atoms with E-state index in [1.165, 1.54) is 12.1 Å². The minimum atomic E-state index is -3.67. The largest absolute Gasteiger partial charge is 0.273 e. The van der Waals surface area contributed by atoms with Crippen LogP contribution in [-0.4, -0.2) is 38.2 Å². The minimum absolute atomic E-state index is 0.0164. The summed E-state index contributed by atoms with van der Waals surface area (Å²) in [7, 11) is -3.67. The van der Waals surface area contributed by atoms with E-state index >= 15 is 0 Å². The number of sulfonamides is 1. The third-order valence-electron chi connectivity index (χ3n) is 3.84. The molecule has 1 heterocycles. The summed E-state index contributed by atoms with van der Waals surface area (Å²) in [5, 5.41) is 0. The number of amides is 2. The van der Waals surface area contributed by atoms with Crippen LogP contribution in [0.2, 0.25) is 0 Å². The Balaban J connectivity index is 1.66. The van der Waals surface area contributed by atoms with Gasteiger partial charge in [0.2, 0.25) is 10.0 Å². The first kappa shape index (κ1) is 16.4. The van der Waals surface area contributed by atoms with Crippen LogP contribution in [0.1, 0.15) is 26.3 Å². The molecule has 0 spiro atoms. The topological polar surface area (TPSA) is 83.6 Å². The summed E-state index contributed by atoms with van der Waals surface area (Å²) in [6, 6.07) is 13.0. The average Bonchev–Trinajstić information content (AvgIpc) is 2.80. The Morgan fingerprint density at radius 2 is 1.46 bits per heavy atom. The Morgan fingerprint density at radius 1 is 0.917 bits per heavy atom. The van der Waals surface area contributed by atoms with Crippen molar-refractivity contribution in [3.05, 3.63) is 65.2 Å². The maximum atomic E-state index is 12.2. The number of carbonyl (C=O) groups excluding carboxylic acids is 2. The van der Waals surface area contributed by atoms with Crippen molar-refractivity contribution in [3.8, 4) is 0 Å². The van der Waals surface area contributed by atoms with Gasteiger partial charge in [-0.25, -0.2) is 13.1 Å². The van der Waals surface area contributed by atoms with E-state index in [4.69, 9.17) is 0 Å². The van der Waals surface area contributed by atoms with Crippen molar-refractivity contribution >= 4 is 21.8 Å². The molecule has 2 aromatic rings. The summed E-state index contributed by atoms with van der Waals surface area (Å²) >= 11 is 0. The number of hydrogen-bond acceptors (Lipinski definition) is 4. The lowest BCUT2D eigenvalue weighted by Gasteiger charge is -2.14. The fourth-order valence-electron chi connectivity index (χ4n) is 2.53. The molecule has 3 rings (SSSR count). The molecular weight excluding hydrogens is 328 g/mol. The summed E-state index contributed by atoms with van der Waals surface area (Å²) < 4.78 is 26.8. The van der Waals surface area contributed by atoms with Gasteiger partial charge in [0.15, 0.2) is 0 Å². The van der Waals surface area contributed by atoms with Crippen LogP contribution in [0.5, 0.6) is 0 Å². The standard InChI is InChI=1S/C17H16N2O4S/c1-12-6-8-13(9-7-12)24(22,23)18-10-11-19-16(20)14-4-2-3-5-15(14)17(19)21/h2-9,18H,10-11H2,1H3. The maximum Gasteiger partial charge on any atom is 0.261 e. The van der Waals surface area contributed by atoms with Gasteiger partial charge < -0.3 is 0 Å². The molecule has 0 radical (unpaired) electrons. The Kier molecular flexibility index (Phi) is 4.21. The lowest BCUT2D eigenvalue weighted by Crippen LogP contribution is -2.38. The number of hydrogen-bond donors (Lipinski definition) is 1. The van der Waals surface area contributed by atoms with E-state index in [1.807, 2.05) is 6.92 Å². The molecule has 0 unspecified atom stereocenters. The first-order valence-electron chi connectivity index (χ1n) is 7.42. The van der Waals surface area contributed by atoms with Crippen molar-refractivity contribution in [1.29, 1.82) is 0 Å². The lowest BCUT2D eigenvalue weighted by molar-refractivity contribution is 0.0657. The number of nitrogens with one attached hydrogen (secondary N) is 1. The fraction of sp³-hybridized carbons (Fsp3) is 0.176. The molecule has 0 bridgehead atoms. The van der Waals surface area contributed by atoms with Gasteiger partial charge in [0.25, 0.3) is 11.8 Å². The number of benzene rings is 2. The highest BCUT2D eigenvalue weighted by Gasteiger charge is 2.34. The van der Waals surface area contributed by atoms with Gasteiger partial charge >= 0.3 is 0 Å². The van der Waals surface area contributed by atoms with E-state index in [0.717, 1.165) is 10.5 Å². The van der Waals surface area contributed by atoms with Crippen LogP contribution < -0.4 is 4.72 Å². The molecule has 2 amide bonds. The Morgan fingerprint density at radius 3 is 2.00 bits per heavy atom. The summed E-state index contributed by atoms with van der Waals surface area (Å²) in [6.45, 7) is 1.81. The van der Waals surface area contributed by atoms with Gasteiger partial charge in [-0.1, -0.05) is 29.8 Å². The molecule has 0 saturated heterocycles. The molecule has 24 heavy (non-hydrogen) atoms. The molecule has 6 nitrogen and oxygen atoms in total. The minimum Gasteiger partial charge on any atom is -0.273 e. The molecular formula is C17H16N2O4S. The summed E-state index contributed by atoms with van der Waals surface area (Å²) in [6.07, 6.45) is 0. The number of fused-ring (bicyclic) bond motifs is 1. The number of imide groups is 1. The first-order chi connectivity index (χ1) is 11.4. The Labute approximate surface area is 140 Å². The summed E-state index contributed by atoms with van der Waals surface area (Å²) in [5.74, 6) is -0.796. The van der Waals surface area contributed by atoms with E-state index in [1.54, 1.807) is 36.4 Å². The molecule has 0 aromatic heterocycles. The molecule has 1 aliphatic rings. The monoisotopic (exact) mass is 344 g/mol. The van der Waals surface area contributed by atoms with Gasteiger partial charge in [-0.2, -0.15) is 0 Å². The number of nitrogens with zero attached hydrogens (tertiary/aromatic N) is 1. The first-order valence-corrected chi connectivity index (χ1v) is 8.90. The van der Waals surface area contributed by atoms with E-state index in [-0.39, 0.29) is 18.0 Å². The molecule has 1 N–H and O–H groups in total. The number of aryl methyl sites for hydroxylation is 1. The van der Waals surface area contributed by atoms with Gasteiger partial charge in [-0.05, 0) is 31.2 Å². The van der Waals surface area contributed by atoms with Gasteiger partial charge in [-0.3, -0.25) is 14.5 Å². The van der Waals surface area contributed by atoms with Crippen LogP contribution in [0.4, 0.5) is 0 Å². The lowest BCUT2D eigenvalue weighted by atomic mass is 10.1. The van der Waals surface area contributed by atoms with Crippen LogP contribution >= 0.6 is 0 Å². The van der Waals surface area contributed by atoms with Crippen molar-refractivity contribution < 1.29 is 18.0 Å². The van der Waals surface area contributed by atoms with E-state index < -0.39 is 21.8 Å². The molecule has 1 aliphatic heterocycles. The predicted molar refractivity (Wildman–Crippen MR) is 88.2 cm³/mol. The molecule has 124 valence electrons. The quantitative estimate of drug-likeness (QED) is 0.835. The number of rotatable bonds is 5. The highest BCUT2D eigenvalue weighted by Crippen LogP contribution is 2.21. The zero-order valence-corrected chi connectivity index (χ0v) is 13.8. The Bertz CT molecular complexity index is 869. The van der Waals surface area contributed by atoms with Crippen LogP contribution in [0.3, 0.4) is 0 Å². The summed E-state index contributed by atoms with van der Waals surface area (Å²) in [4.78, 5) is 25.6. The van der Waals surface area contributed by atoms with Crippen molar-refractivity contribution in [1.82, 2.24) is 9.62 Å². The average molecular weight is 344 g/mol. The molecule has 0 aliphatic carbocycles. The zero-order chi connectivity index (χ0) is 17.3. The van der Waals surface area contributed by atoms with Gasteiger partial charge in [0.05, 0.1) is 16.0 Å². The SMILES string of the molecule is Cc1ccc(S(=O)(=O)NCCN2C(=O)c3ccccc3C2=O)cc1. The third kappa shape index (κ3) is 2.95. The van der Waals surface area contributed by atoms with Gasteiger partial charge in [-0.15, -0.1) is 0 Å². The molecule has 0 saturated carbocycles. The smallest absolute Gasteiger partial charge is 0.261 e. The molecule has 0 atom stereocenters. The Hall–Kier alpha value is -2.51. The van der Waals surface area contributed by atoms with Crippen molar-refractivity contribution in [2.75, 3.05) is 13.1 Å².